The van der Waals surface area contributed by atoms with Gasteiger partial charge in [0.05, 0.1) is 11.8 Å². The quantitative estimate of drug-likeness (QED) is 0.905. The van der Waals surface area contributed by atoms with Gasteiger partial charge in [-0.2, -0.15) is 0 Å². The van der Waals surface area contributed by atoms with Gasteiger partial charge >= 0.3 is 0 Å². The average Bonchev–Trinajstić information content (AvgIpc) is 2.25. The van der Waals surface area contributed by atoms with Crippen LogP contribution in [-0.2, 0) is 0 Å². The third-order valence-electron chi connectivity index (χ3n) is 2.75. The summed E-state index contributed by atoms with van der Waals surface area (Å²) in [5, 5.41) is 9.51. The summed E-state index contributed by atoms with van der Waals surface area (Å²) in [5.41, 5.74) is 2.08. The number of hydrogen-bond acceptors (Lipinski definition) is 3. The number of hydrogen-bond donors (Lipinski definition) is 1. The standard InChI is InChI=1S/C13H21BrN2O/c1-10(17)11-5-6-13(12(14)9-11)16(4)8-7-15(2)3/h5-6,9-10,17H,7-8H2,1-4H3/t10-/m0/s1. The number of aliphatic hydroxyl groups excluding tert-OH is 1. The number of likely N-dealkylation sites (N-methyl/N-ethyl adjacent to an activating group) is 2. The Hall–Kier alpha value is -0.580. The molecule has 0 bridgehead atoms. The molecule has 0 fully saturated rings. The number of aliphatic hydroxyl groups is 1. The van der Waals surface area contributed by atoms with Crippen LogP contribution in [0, 0.1) is 0 Å². The Morgan fingerprint density at radius 2 is 1.88 bits per heavy atom. The van der Waals surface area contributed by atoms with Gasteiger partial charge in [-0.3, -0.25) is 0 Å². The van der Waals surface area contributed by atoms with Crippen molar-refractivity contribution in [1.29, 1.82) is 0 Å². The zero-order valence-electron chi connectivity index (χ0n) is 10.9. The van der Waals surface area contributed by atoms with Gasteiger partial charge in [0.15, 0.2) is 0 Å². The highest BCUT2D eigenvalue weighted by atomic mass is 79.9. The van der Waals surface area contributed by atoms with Gasteiger partial charge in [-0.1, -0.05) is 6.07 Å². The van der Waals surface area contributed by atoms with Crippen LogP contribution in [0.4, 0.5) is 5.69 Å². The van der Waals surface area contributed by atoms with Gasteiger partial charge in [0.25, 0.3) is 0 Å². The fraction of sp³-hybridized carbons (Fsp3) is 0.538. The van der Waals surface area contributed by atoms with E-state index >= 15 is 0 Å². The topological polar surface area (TPSA) is 26.7 Å². The van der Waals surface area contributed by atoms with Crippen LogP contribution in [0.15, 0.2) is 22.7 Å². The van der Waals surface area contributed by atoms with E-state index in [9.17, 15) is 5.11 Å². The lowest BCUT2D eigenvalue weighted by atomic mass is 10.1. The maximum Gasteiger partial charge on any atom is 0.0762 e. The number of nitrogens with zero attached hydrogens (tertiary/aromatic N) is 2. The highest BCUT2D eigenvalue weighted by Crippen LogP contribution is 2.28. The Kier molecular flexibility index (Phi) is 5.43. The minimum absolute atomic E-state index is 0.424. The van der Waals surface area contributed by atoms with E-state index in [0.29, 0.717) is 0 Å². The molecule has 1 rings (SSSR count). The lowest BCUT2D eigenvalue weighted by molar-refractivity contribution is 0.199. The monoisotopic (exact) mass is 300 g/mol. The zero-order valence-corrected chi connectivity index (χ0v) is 12.5. The van der Waals surface area contributed by atoms with Gasteiger partial charge in [0, 0.05) is 24.6 Å². The van der Waals surface area contributed by atoms with Crippen molar-refractivity contribution in [3.63, 3.8) is 0 Å². The van der Waals surface area contributed by atoms with Crippen molar-refractivity contribution in [2.24, 2.45) is 0 Å². The first kappa shape index (κ1) is 14.5. The first-order chi connectivity index (χ1) is 7.91. The molecule has 0 amide bonds. The van der Waals surface area contributed by atoms with Crippen molar-refractivity contribution in [1.82, 2.24) is 4.90 Å². The molecule has 17 heavy (non-hydrogen) atoms. The smallest absolute Gasteiger partial charge is 0.0762 e. The van der Waals surface area contributed by atoms with Crippen molar-refractivity contribution in [2.75, 3.05) is 39.1 Å². The SMILES string of the molecule is C[C@H](O)c1ccc(N(C)CCN(C)C)c(Br)c1. The minimum atomic E-state index is -0.424. The van der Waals surface area contributed by atoms with Gasteiger partial charge in [-0.05, 0) is 54.6 Å². The summed E-state index contributed by atoms with van der Waals surface area (Å²) in [6.07, 6.45) is -0.424. The maximum absolute atomic E-state index is 9.51. The Morgan fingerprint density at radius 3 is 2.35 bits per heavy atom. The van der Waals surface area contributed by atoms with Crippen molar-refractivity contribution < 1.29 is 5.11 Å². The van der Waals surface area contributed by atoms with Crippen LogP contribution in [0.1, 0.15) is 18.6 Å². The summed E-state index contributed by atoms with van der Waals surface area (Å²) in [6.45, 7) is 3.76. The van der Waals surface area contributed by atoms with Gasteiger partial charge in [-0.15, -0.1) is 0 Å². The largest absolute Gasteiger partial charge is 0.389 e. The fourth-order valence-corrected chi connectivity index (χ4v) is 2.26. The molecule has 3 nitrogen and oxygen atoms in total. The Balaban J connectivity index is 2.77. The van der Waals surface area contributed by atoms with Crippen LogP contribution in [0.3, 0.4) is 0 Å². The summed E-state index contributed by atoms with van der Waals surface area (Å²) in [7, 11) is 6.21. The second-order valence-corrected chi connectivity index (χ2v) is 5.47. The van der Waals surface area contributed by atoms with Crippen molar-refractivity contribution >= 4 is 21.6 Å². The van der Waals surface area contributed by atoms with Crippen LogP contribution in [-0.4, -0.2) is 44.2 Å². The molecular formula is C13H21BrN2O. The molecule has 1 aromatic rings. The highest BCUT2D eigenvalue weighted by Gasteiger charge is 2.08. The van der Waals surface area contributed by atoms with Crippen LogP contribution >= 0.6 is 15.9 Å². The van der Waals surface area contributed by atoms with Crippen molar-refractivity contribution in [3.05, 3.63) is 28.2 Å². The summed E-state index contributed by atoms with van der Waals surface area (Å²) in [6, 6.07) is 5.99. The number of halogens is 1. The average molecular weight is 301 g/mol. The Bertz CT molecular complexity index is 366. The summed E-state index contributed by atoms with van der Waals surface area (Å²) in [5.74, 6) is 0. The van der Waals surface area contributed by atoms with E-state index in [1.165, 1.54) is 0 Å². The van der Waals surface area contributed by atoms with Crippen molar-refractivity contribution in [3.8, 4) is 0 Å². The molecule has 0 unspecified atom stereocenters. The molecule has 4 heteroatoms. The van der Waals surface area contributed by atoms with E-state index < -0.39 is 6.10 Å². The van der Waals surface area contributed by atoms with Gasteiger partial charge in [0.2, 0.25) is 0 Å². The number of rotatable bonds is 5. The molecule has 1 N–H and O–H groups in total. The second-order valence-electron chi connectivity index (χ2n) is 4.61. The molecule has 0 aliphatic heterocycles. The normalized spacial score (nSPS) is 12.9. The molecule has 0 aliphatic carbocycles. The maximum atomic E-state index is 9.51. The van der Waals surface area contributed by atoms with Crippen LogP contribution in [0.2, 0.25) is 0 Å². The lowest BCUT2D eigenvalue weighted by Crippen LogP contribution is -2.28. The van der Waals surface area contributed by atoms with Crippen LogP contribution in [0.25, 0.3) is 0 Å². The molecule has 96 valence electrons. The first-order valence-electron chi connectivity index (χ1n) is 5.75. The number of anilines is 1. The van der Waals surface area contributed by atoms with Crippen LogP contribution in [0.5, 0.6) is 0 Å². The fourth-order valence-electron chi connectivity index (χ4n) is 1.56. The molecule has 0 heterocycles. The Labute approximate surface area is 112 Å². The molecule has 1 aromatic carbocycles. The minimum Gasteiger partial charge on any atom is -0.389 e. The molecule has 0 saturated heterocycles. The molecular weight excluding hydrogens is 280 g/mol. The summed E-state index contributed by atoms with van der Waals surface area (Å²) >= 11 is 3.56. The van der Waals surface area contributed by atoms with E-state index in [1.807, 2.05) is 18.2 Å². The molecule has 0 saturated carbocycles. The predicted molar refractivity (Wildman–Crippen MR) is 76.6 cm³/mol. The zero-order chi connectivity index (χ0) is 13.0. The second kappa shape index (κ2) is 6.38. The van der Waals surface area contributed by atoms with Crippen molar-refractivity contribution in [2.45, 2.75) is 13.0 Å². The van der Waals surface area contributed by atoms with Gasteiger partial charge < -0.3 is 14.9 Å². The van der Waals surface area contributed by atoms with E-state index in [2.05, 4.69) is 46.9 Å². The molecule has 0 spiro atoms. The third kappa shape index (κ3) is 4.30. The summed E-state index contributed by atoms with van der Waals surface area (Å²) in [4.78, 5) is 4.37. The molecule has 0 aromatic heterocycles. The van der Waals surface area contributed by atoms with E-state index in [4.69, 9.17) is 0 Å². The van der Waals surface area contributed by atoms with Gasteiger partial charge in [-0.25, -0.2) is 0 Å². The first-order valence-corrected chi connectivity index (χ1v) is 6.54. The predicted octanol–water partition coefficient (Wildman–Crippen LogP) is 2.50. The Morgan fingerprint density at radius 1 is 1.24 bits per heavy atom. The molecule has 1 atom stereocenters. The van der Waals surface area contributed by atoms with E-state index in [1.54, 1.807) is 6.92 Å². The van der Waals surface area contributed by atoms with Crippen LogP contribution < -0.4 is 4.90 Å². The summed E-state index contributed by atoms with van der Waals surface area (Å²) < 4.78 is 1.03. The molecule has 0 aliphatic rings. The highest BCUT2D eigenvalue weighted by molar-refractivity contribution is 9.10. The molecule has 0 radical (unpaired) electrons. The number of benzene rings is 1. The lowest BCUT2D eigenvalue weighted by Gasteiger charge is -2.23. The van der Waals surface area contributed by atoms with E-state index in [-0.39, 0.29) is 0 Å². The van der Waals surface area contributed by atoms with E-state index in [0.717, 1.165) is 28.8 Å². The third-order valence-corrected chi connectivity index (χ3v) is 3.38. The van der Waals surface area contributed by atoms with Gasteiger partial charge in [0.1, 0.15) is 0 Å².